The Hall–Kier alpha value is -1.03. The topological polar surface area (TPSA) is 98.0 Å². The molecule has 9 heteroatoms. The minimum absolute atomic E-state index is 0.178. The van der Waals surface area contributed by atoms with Crippen molar-refractivity contribution in [2.24, 2.45) is 5.73 Å². The Morgan fingerprint density at radius 3 is 2.74 bits per heavy atom. The van der Waals surface area contributed by atoms with Gasteiger partial charge >= 0.3 is 0 Å². The van der Waals surface area contributed by atoms with Crippen molar-refractivity contribution in [1.29, 1.82) is 0 Å². The second-order valence-electron chi connectivity index (χ2n) is 3.59. The molecule has 0 saturated heterocycles. The summed E-state index contributed by atoms with van der Waals surface area (Å²) >= 11 is 4.33. The van der Waals surface area contributed by atoms with Crippen LogP contribution in [-0.2, 0) is 16.4 Å². The van der Waals surface area contributed by atoms with Crippen LogP contribution in [0, 0.1) is 0 Å². The molecule has 0 amide bonds. The third-order valence-corrected chi connectivity index (χ3v) is 5.55. The van der Waals surface area contributed by atoms with E-state index in [9.17, 15) is 8.42 Å². The molecule has 0 radical (unpaired) electrons. The quantitative estimate of drug-likeness (QED) is 0.841. The van der Waals surface area contributed by atoms with Gasteiger partial charge in [-0.15, -0.1) is 11.3 Å². The molecule has 0 aliphatic heterocycles. The van der Waals surface area contributed by atoms with Crippen LogP contribution in [0.2, 0.25) is 0 Å². The summed E-state index contributed by atoms with van der Waals surface area (Å²) < 4.78 is 27.3. The fourth-order valence-electron chi connectivity index (χ4n) is 1.33. The zero-order chi connectivity index (χ0) is 13.9. The number of aromatic nitrogens is 2. The first-order valence-electron chi connectivity index (χ1n) is 5.30. The van der Waals surface area contributed by atoms with Crippen LogP contribution in [-0.4, -0.2) is 24.9 Å². The predicted octanol–water partition coefficient (Wildman–Crippen LogP) is 1.60. The number of halogens is 1. The minimum atomic E-state index is -3.61. The Bertz CT molecular complexity index is 654. The lowest BCUT2D eigenvalue weighted by Gasteiger charge is -2.04. The zero-order valence-corrected chi connectivity index (χ0v) is 12.9. The molecule has 0 unspecified atom stereocenters. The number of nitrogens with zero attached hydrogens (tertiary/aromatic N) is 2. The van der Waals surface area contributed by atoms with E-state index in [1.165, 1.54) is 23.7 Å². The van der Waals surface area contributed by atoms with Gasteiger partial charge in [0.1, 0.15) is 8.81 Å². The summed E-state index contributed by atoms with van der Waals surface area (Å²) in [7, 11) is -3.61. The van der Waals surface area contributed by atoms with E-state index in [2.05, 4.69) is 30.6 Å². The highest BCUT2D eigenvalue weighted by atomic mass is 79.9. The normalized spacial score (nSPS) is 11.5. The molecule has 3 N–H and O–H groups in total. The number of anilines is 1. The maximum Gasteiger partial charge on any atom is 0.272 e. The third-order valence-electron chi connectivity index (χ3n) is 2.15. The Kier molecular flexibility index (Phi) is 4.50. The van der Waals surface area contributed by atoms with Crippen LogP contribution >= 0.6 is 27.3 Å². The highest BCUT2D eigenvalue weighted by Crippen LogP contribution is 2.23. The molecule has 2 heterocycles. The largest absolute Gasteiger partial charge is 0.330 e. The number of thiophene rings is 1. The SMILES string of the molecule is NCCc1ccc(S(=O)(=O)Nc2cnc(Br)cn2)s1. The lowest BCUT2D eigenvalue weighted by molar-refractivity contribution is 0.603. The third kappa shape index (κ3) is 3.72. The van der Waals surface area contributed by atoms with E-state index in [0.29, 0.717) is 17.6 Å². The van der Waals surface area contributed by atoms with Crippen molar-refractivity contribution in [2.75, 3.05) is 11.3 Å². The molecule has 2 aromatic rings. The summed E-state index contributed by atoms with van der Waals surface area (Å²) in [6, 6.07) is 3.32. The van der Waals surface area contributed by atoms with Crippen LogP contribution in [0.4, 0.5) is 5.82 Å². The lowest BCUT2D eigenvalue weighted by Crippen LogP contribution is -2.12. The van der Waals surface area contributed by atoms with E-state index in [1.807, 2.05) is 0 Å². The van der Waals surface area contributed by atoms with Crippen LogP contribution in [0.5, 0.6) is 0 Å². The second-order valence-corrected chi connectivity index (χ2v) is 7.48. The van der Waals surface area contributed by atoms with E-state index in [0.717, 1.165) is 4.88 Å². The highest BCUT2D eigenvalue weighted by Gasteiger charge is 2.17. The van der Waals surface area contributed by atoms with E-state index in [4.69, 9.17) is 5.73 Å². The Morgan fingerprint density at radius 1 is 1.32 bits per heavy atom. The van der Waals surface area contributed by atoms with Gasteiger partial charge in [-0.3, -0.25) is 4.72 Å². The first-order chi connectivity index (χ1) is 9.01. The maximum absolute atomic E-state index is 12.1. The van der Waals surface area contributed by atoms with Crippen molar-refractivity contribution in [2.45, 2.75) is 10.6 Å². The van der Waals surface area contributed by atoms with Crippen LogP contribution in [0.15, 0.2) is 33.3 Å². The molecule has 0 bridgehead atoms. The molecule has 0 saturated carbocycles. The molecule has 0 atom stereocenters. The van der Waals surface area contributed by atoms with Crippen molar-refractivity contribution in [3.8, 4) is 0 Å². The first-order valence-corrected chi connectivity index (χ1v) is 8.39. The van der Waals surface area contributed by atoms with Crippen molar-refractivity contribution in [1.82, 2.24) is 9.97 Å². The smallest absolute Gasteiger partial charge is 0.272 e. The van der Waals surface area contributed by atoms with Crippen LogP contribution in [0.1, 0.15) is 4.88 Å². The summed E-state index contributed by atoms with van der Waals surface area (Å²) in [4.78, 5) is 8.76. The number of rotatable bonds is 5. The number of nitrogens with two attached hydrogens (primary N) is 1. The Morgan fingerprint density at radius 2 is 2.11 bits per heavy atom. The van der Waals surface area contributed by atoms with Crippen LogP contribution < -0.4 is 10.5 Å². The summed E-state index contributed by atoms with van der Waals surface area (Å²) in [5.41, 5.74) is 5.44. The zero-order valence-electron chi connectivity index (χ0n) is 9.71. The number of hydrogen-bond acceptors (Lipinski definition) is 6. The fraction of sp³-hybridized carbons (Fsp3) is 0.200. The van der Waals surface area contributed by atoms with Gasteiger partial charge in [0, 0.05) is 4.88 Å². The van der Waals surface area contributed by atoms with Crippen molar-refractivity contribution in [3.05, 3.63) is 34.0 Å². The van der Waals surface area contributed by atoms with Gasteiger partial charge in [0.05, 0.1) is 12.4 Å². The summed E-state index contributed by atoms with van der Waals surface area (Å²) in [5, 5.41) is 0. The number of sulfonamides is 1. The predicted molar refractivity (Wildman–Crippen MR) is 77.6 cm³/mol. The average Bonchev–Trinajstić information content (AvgIpc) is 2.82. The second kappa shape index (κ2) is 5.95. The van der Waals surface area contributed by atoms with Gasteiger partial charge in [-0.2, -0.15) is 0 Å². The van der Waals surface area contributed by atoms with Gasteiger partial charge in [0.15, 0.2) is 5.82 Å². The molecular weight excluding hydrogens is 352 g/mol. The van der Waals surface area contributed by atoms with E-state index >= 15 is 0 Å². The molecule has 0 aliphatic rings. The van der Waals surface area contributed by atoms with E-state index in [1.54, 1.807) is 12.1 Å². The molecule has 2 aromatic heterocycles. The molecule has 0 spiro atoms. The van der Waals surface area contributed by atoms with Gasteiger partial charge in [0.25, 0.3) is 10.0 Å². The van der Waals surface area contributed by atoms with Crippen molar-refractivity contribution >= 4 is 43.1 Å². The lowest BCUT2D eigenvalue weighted by atomic mass is 10.3. The van der Waals surface area contributed by atoms with Gasteiger partial charge in [-0.1, -0.05) is 0 Å². The van der Waals surface area contributed by atoms with Crippen LogP contribution in [0.3, 0.4) is 0 Å². The standard InChI is InChI=1S/C10H11BrN4O2S2/c11-8-5-14-9(6-13-8)15-19(16,17)10-2-1-7(18-10)3-4-12/h1-2,5-6H,3-4,12H2,(H,14,15). The Balaban J connectivity index is 2.19. The maximum atomic E-state index is 12.1. The average molecular weight is 363 g/mol. The monoisotopic (exact) mass is 362 g/mol. The number of nitrogens with one attached hydrogen (secondary N) is 1. The first kappa shape index (κ1) is 14.4. The molecule has 19 heavy (non-hydrogen) atoms. The number of hydrogen-bond donors (Lipinski definition) is 2. The molecule has 0 fully saturated rings. The molecule has 6 nitrogen and oxygen atoms in total. The van der Waals surface area contributed by atoms with Crippen LogP contribution in [0.25, 0.3) is 0 Å². The summed E-state index contributed by atoms with van der Waals surface area (Å²) in [5.74, 6) is 0.178. The fourth-order valence-corrected chi connectivity index (χ4v) is 3.90. The summed E-state index contributed by atoms with van der Waals surface area (Å²) in [6.07, 6.45) is 3.43. The van der Waals surface area contributed by atoms with E-state index in [-0.39, 0.29) is 10.0 Å². The van der Waals surface area contributed by atoms with Gasteiger partial charge in [-0.05, 0) is 41.0 Å². The molecular formula is C10H11BrN4O2S2. The molecule has 102 valence electrons. The van der Waals surface area contributed by atoms with Gasteiger partial charge in [-0.25, -0.2) is 18.4 Å². The minimum Gasteiger partial charge on any atom is -0.330 e. The molecule has 0 aromatic carbocycles. The highest BCUT2D eigenvalue weighted by molar-refractivity contribution is 9.10. The van der Waals surface area contributed by atoms with Crippen molar-refractivity contribution in [3.63, 3.8) is 0 Å². The molecule has 2 rings (SSSR count). The van der Waals surface area contributed by atoms with Crippen molar-refractivity contribution < 1.29 is 8.42 Å². The molecule has 0 aliphatic carbocycles. The summed E-state index contributed by atoms with van der Waals surface area (Å²) in [6.45, 7) is 0.492. The van der Waals surface area contributed by atoms with Gasteiger partial charge < -0.3 is 5.73 Å². The van der Waals surface area contributed by atoms with Gasteiger partial charge in [0.2, 0.25) is 0 Å². The van der Waals surface area contributed by atoms with E-state index < -0.39 is 10.0 Å². The Labute approximate surface area is 123 Å².